The second kappa shape index (κ2) is 7.00. The number of nitrogens with zero attached hydrogens (tertiary/aromatic N) is 1. The van der Waals surface area contributed by atoms with E-state index >= 15 is 0 Å². The van der Waals surface area contributed by atoms with Gasteiger partial charge in [0.05, 0.1) is 18.4 Å². The Bertz CT molecular complexity index is 1240. The lowest BCUT2D eigenvalue weighted by atomic mass is 9.89. The summed E-state index contributed by atoms with van der Waals surface area (Å²) < 4.78 is 5.15. The van der Waals surface area contributed by atoms with Gasteiger partial charge in [-0.2, -0.15) is 0 Å². The minimum absolute atomic E-state index is 0.131. The molecule has 1 amide bonds. The quantitative estimate of drug-likeness (QED) is 0.482. The van der Waals surface area contributed by atoms with E-state index in [-0.39, 0.29) is 12.2 Å². The Hall–Kier alpha value is -3.64. The number of para-hydroxylation sites is 2. The molecule has 5 rings (SSSR count). The SMILES string of the molecule is O=C(CC1(O)C(=O)N(CCc2c[nH]c3ccccc23)c2ccccc21)c1ccco1. The van der Waals surface area contributed by atoms with E-state index in [0.29, 0.717) is 24.2 Å². The molecule has 2 aromatic carbocycles. The molecule has 0 spiro atoms. The van der Waals surface area contributed by atoms with Crippen LogP contribution in [0.25, 0.3) is 10.9 Å². The number of hydrogen-bond acceptors (Lipinski definition) is 4. The van der Waals surface area contributed by atoms with Crippen LogP contribution in [0.15, 0.2) is 77.5 Å². The van der Waals surface area contributed by atoms with Gasteiger partial charge in [0.1, 0.15) is 0 Å². The number of ketones is 1. The van der Waals surface area contributed by atoms with Crippen molar-refractivity contribution < 1.29 is 19.1 Å². The lowest BCUT2D eigenvalue weighted by molar-refractivity contribution is -0.135. The Morgan fingerprint density at radius 3 is 2.70 bits per heavy atom. The smallest absolute Gasteiger partial charge is 0.264 e. The Morgan fingerprint density at radius 1 is 1.07 bits per heavy atom. The number of Topliss-reactive ketones (excluding diaryl/α,β-unsaturated/α-hetero) is 1. The third kappa shape index (κ3) is 2.84. The molecular weight excluding hydrogens is 380 g/mol. The molecule has 0 bridgehead atoms. The van der Waals surface area contributed by atoms with Gasteiger partial charge in [0.2, 0.25) is 5.78 Å². The first kappa shape index (κ1) is 18.4. The zero-order valence-electron chi connectivity index (χ0n) is 16.2. The van der Waals surface area contributed by atoms with Crippen LogP contribution in [0, 0.1) is 0 Å². The summed E-state index contributed by atoms with van der Waals surface area (Å²) >= 11 is 0. The third-order valence-electron chi connectivity index (χ3n) is 5.73. The van der Waals surface area contributed by atoms with Gasteiger partial charge in [0.25, 0.3) is 5.91 Å². The van der Waals surface area contributed by atoms with Crippen LogP contribution in [-0.4, -0.2) is 28.3 Å². The van der Waals surface area contributed by atoms with Gasteiger partial charge in [-0.15, -0.1) is 0 Å². The molecule has 0 aliphatic carbocycles. The zero-order chi connectivity index (χ0) is 20.7. The van der Waals surface area contributed by atoms with Crippen LogP contribution >= 0.6 is 0 Å². The molecule has 4 aromatic rings. The predicted octanol–water partition coefficient (Wildman–Crippen LogP) is 3.81. The number of aromatic nitrogens is 1. The van der Waals surface area contributed by atoms with Crippen molar-refractivity contribution in [1.29, 1.82) is 0 Å². The van der Waals surface area contributed by atoms with Gasteiger partial charge in [-0.1, -0.05) is 36.4 Å². The van der Waals surface area contributed by atoms with Gasteiger partial charge in [-0.05, 0) is 36.2 Å². The molecule has 6 heteroatoms. The van der Waals surface area contributed by atoms with Gasteiger partial charge in [0.15, 0.2) is 11.4 Å². The van der Waals surface area contributed by atoms with E-state index in [1.807, 2.05) is 36.5 Å². The molecule has 0 saturated carbocycles. The lowest BCUT2D eigenvalue weighted by Gasteiger charge is -2.22. The number of aromatic amines is 1. The Balaban J connectivity index is 1.43. The molecule has 1 atom stereocenters. The lowest BCUT2D eigenvalue weighted by Crippen LogP contribution is -2.42. The molecule has 2 N–H and O–H groups in total. The maximum absolute atomic E-state index is 13.3. The van der Waals surface area contributed by atoms with Crippen LogP contribution in [0.3, 0.4) is 0 Å². The first-order chi connectivity index (χ1) is 14.6. The monoisotopic (exact) mass is 400 g/mol. The molecule has 0 saturated heterocycles. The summed E-state index contributed by atoms with van der Waals surface area (Å²) in [5.41, 5.74) is 1.32. The number of anilines is 1. The summed E-state index contributed by atoms with van der Waals surface area (Å²) in [4.78, 5) is 30.7. The Kier molecular flexibility index (Phi) is 4.29. The van der Waals surface area contributed by atoms with Crippen molar-refractivity contribution in [2.75, 3.05) is 11.4 Å². The molecular formula is C24H20N2O4. The van der Waals surface area contributed by atoms with Crippen molar-refractivity contribution in [3.8, 4) is 0 Å². The first-order valence-corrected chi connectivity index (χ1v) is 9.83. The van der Waals surface area contributed by atoms with Gasteiger partial charge in [0, 0.05) is 29.2 Å². The van der Waals surface area contributed by atoms with Crippen molar-refractivity contribution in [3.05, 3.63) is 90.0 Å². The Morgan fingerprint density at radius 2 is 1.87 bits per heavy atom. The van der Waals surface area contributed by atoms with Gasteiger partial charge in [-0.25, -0.2) is 0 Å². The normalized spacial score (nSPS) is 18.2. The Labute approximate surface area is 172 Å². The van der Waals surface area contributed by atoms with E-state index in [0.717, 1.165) is 16.5 Å². The van der Waals surface area contributed by atoms with Crippen LogP contribution in [0.1, 0.15) is 28.1 Å². The fraction of sp³-hybridized carbons (Fsp3) is 0.167. The highest BCUT2D eigenvalue weighted by Crippen LogP contribution is 2.43. The third-order valence-corrected chi connectivity index (χ3v) is 5.73. The number of rotatable bonds is 6. The summed E-state index contributed by atoms with van der Waals surface area (Å²) in [5, 5.41) is 12.4. The fourth-order valence-electron chi connectivity index (χ4n) is 4.23. The molecule has 3 heterocycles. The summed E-state index contributed by atoms with van der Waals surface area (Å²) in [5.74, 6) is -0.765. The minimum Gasteiger partial charge on any atom is -0.461 e. The number of benzene rings is 2. The van der Waals surface area contributed by atoms with Gasteiger partial charge >= 0.3 is 0 Å². The van der Waals surface area contributed by atoms with Crippen LogP contribution in [-0.2, 0) is 16.8 Å². The predicted molar refractivity (Wildman–Crippen MR) is 112 cm³/mol. The van der Waals surface area contributed by atoms with Crippen LogP contribution in [0.2, 0.25) is 0 Å². The second-order valence-electron chi connectivity index (χ2n) is 7.52. The molecule has 0 radical (unpaired) electrons. The average molecular weight is 400 g/mol. The van der Waals surface area contributed by atoms with Crippen molar-refractivity contribution in [2.24, 2.45) is 0 Å². The summed E-state index contributed by atoms with van der Waals surface area (Å²) in [6, 6.07) is 18.2. The topological polar surface area (TPSA) is 86.5 Å². The maximum Gasteiger partial charge on any atom is 0.264 e. The number of H-pyrrole nitrogens is 1. The molecule has 2 aromatic heterocycles. The van der Waals surface area contributed by atoms with E-state index < -0.39 is 17.3 Å². The van der Waals surface area contributed by atoms with E-state index in [4.69, 9.17) is 4.42 Å². The number of nitrogens with one attached hydrogen (secondary N) is 1. The number of fused-ring (bicyclic) bond motifs is 2. The van der Waals surface area contributed by atoms with E-state index in [1.54, 1.807) is 29.2 Å². The first-order valence-electron chi connectivity index (χ1n) is 9.83. The highest BCUT2D eigenvalue weighted by Gasteiger charge is 2.50. The number of aliphatic hydroxyl groups is 1. The molecule has 1 aliphatic rings. The van der Waals surface area contributed by atoms with Crippen LogP contribution in [0.4, 0.5) is 5.69 Å². The highest BCUT2D eigenvalue weighted by atomic mass is 16.3. The summed E-state index contributed by atoms with van der Waals surface area (Å²) in [6.07, 6.45) is 3.60. The van der Waals surface area contributed by atoms with Crippen molar-refractivity contribution in [3.63, 3.8) is 0 Å². The number of carbonyl (C=O) groups is 2. The molecule has 1 aliphatic heterocycles. The number of furan rings is 1. The van der Waals surface area contributed by atoms with Crippen LogP contribution < -0.4 is 4.90 Å². The van der Waals surface area contributed by atoms with Gasteiger partial charge < -0.3 is 19.4 Å². The van der Waals surface area contributed by atoms with Crippen LogP contribution in [0.5, 0.6) is 0 Å². The van der Waals surface area contributed by atoms with E-state index in [2.05, 4.69) is 4.98 Å². The highest BCUT2D eigenvalue weighted by molar-refractivity contribution is 6.10. The zero-order valence-corrected chi connectivity index (χ0v) is 16.2. The minimum atomic E-state index is -1.90. The van der Waals surface area contributed by atoms with E-state index in [1.165, 1.54) is 12.3 Å². The summed E-state index contributed by atoms with van der Waals surface area (Å²) in [7, 11) is 0. The average Bonchev–Trinajstić information content (AvgIpc) is 3.48. The van der Waals surface area contributed by atoms with E-state index in [9.17, 15) is 14.7 Å². The molecule has 30 heavy (non-hydrogen) atoms. The van der Waals surface area contributed by atoms with Gasteiger partial charge in [-0.3, -0.25) is 9.59 Å². The van der Waals surface area contributed by atoms with Crippen molar-refractivity contribution >= 4 is 28.3 Å². The van der Waals surface area contributed by atoms with Crippen molar-refractivity contribution in [1.82, 2.24) is 4.98 Å². The molecule has 6 nitrogen and oxygen atoms in total. The number of hydrogen-bond donors (Lipinski definition) is 2. The standard InChI is InChI=1S/C24H20N2O4/c27-21(22-10-5-13-30-22)14-24(29)18-7-2-4-9-20(18)26(23(24)28)12-11-16-15-25-19-8-3-1-6-17(16)19/h1-10,13,15,25,29H,11-12,14H2. The summed E-state index contributed by atoms with van der Waals surface area (Å²) in [6.45, 7) is 0.398. The molecule has 1 unspecified atom stereocenters. The molecule has 0 fully saturated rings. The largest absolute Gasteiger partial charge is 0.461 e. The number of amides is 1. The fourth-order valence-corrected chi connectivity index (χ4v) is 4.23. The molecule has 150 valence electrons. The van der Waals surface area contributed by atoms with Crippen molar-refractivity contribution in [2.45, 2.75) is 18.4 Å². The maximum atomic E-state index is 13.3. The number of carbonyl (C=O) groups excluding carboxylic acids is 2. The second-order valence-corrected chi connectivity index (χ2v) is 7.52.